The Balaban J connectivity index is 0.00000225. The molecular formula is C15H24ClN3O3S3. The molecule has 1 amide bonds. The first kappa shape index (κ1) is 21.0. The van der Waals surface area contributed by atoms with Crippen molar-refractivity contribution in [1.29, 1.82) is 0 Å². The van der Waals surface area contributed by atoms with Crippen molar-refractivity contribution in [2.24, 2.45) is 0 Å². The van der Waals surface area contributed by atoms with Crippen LogP contribution in [0.2, 0.25) is 0 Å². The Morgan fingerprint density at radius 1 is 1.20 bits per heavy atom. The molecule has 2 aliphatic heterocycles. The van der Waals surface area contributed by atoms with Crippen LogP contribution < -0.4 is 5.32 Å². The third kappa shape index (κ3) is 4.51. The van der Waals surface area contributed by atoms with Crippen LogP contribution in [-0.4, -0.2) is 74.3 Å². The van der Waals surface area contributed by atoms with Crippen molar-refractivity contribution >= 4 is 51.4 Å². The number of piperidine rings is 1. The van der Waals surface area contributed by atoms with Crippen LogP contribution in [0, 0.1) is 0 Å². The van der Waals surface area contributed by atoms with Gasteiger partial charge in [-0.2, -0.15) is 16.1 Å². The Bertz CT molecular complexity index is 681. The van der Waals surface area contributed by atoms with Gasteiger partial charge in [0, 0.05) is 43.7 Å². The highest BCUT2D eigenvalue weighted by Gasteiger charge is 2.33. The maximum atomic E-state index is 12.9. The number of nitrogens with one attached hydrogen (secondary N) is 1. The minimum atomic E-state index is -3.58. The molecule has 0 radical (unpaired) electrons. The fourth-order valence-corrected chi connectivity index (χ4v) is 7.04. The predicted octanol–water partition coefficient (Wildman–Crippen LogP) is 1.73. The van der Waals surface area contributed by atoms with E-state index in [-0.39, 0.29) is 23.2 Å². The van der Waals surface area contributed by atoms with Crippen molar-refractivity contribution in [1.82, 2.24) is 14.5 Å². The number of halogens is 1. The van der Waals surface area contributed by atoms with Crippen molar-refractivity contribution in [3.8, 4) is 0 Å². The maximum Gasteiger partial charge on any atom is 0.265 e. The van der Waals surface area contributed by atoms with E-state index in [0.717, 1.165) is 24.3 Å². The Hall–Kier alpha value is -0.320. The molecular weight excluding hydrogens is 402 g/mol. The first-order valence-electron chi connectivity index (χ1n) is 8.16. The number of likely N-dealkylation sites (tertiary alicyclic amines) is 1. The zero-order chi connectivity index (χ0) is 17.2. The van der Waals surface area contributed by atoms with E-state index in [1.54, 1.807) is 28.1 Å². The van der Waals surface area contributed by atoms with Crippen LogP contribution in [0.4, 0.5) is 0 Å². The molecule has 0 aromatic carbocycles. The molecule has 142 valence electrons. The second-order valence-corrected chi connectivity index (χ2v) is 10.0. The third-order valence-corrected chi connectivity index (χ3v) is 8.52. The fraction of sp³-hybridized carbons (Fsp3) is 0.667. The van der Waals surface area contributed by atoms with E-state index in [4.69, 9.17) is 0 Å². The number of carbonyl (C=O) groups excluding carboxylic acids is 1. The van der Waals surface area contributed by atoms with Gasteiger partial charge in [0.1, 0.15) is 9.77 Å². The SMILES string of the molecule is CNC1CCN(C(=O)c2sccc2S(=O)(=O)N2CCSCC2)CC1.Cl. The molecule has 2 saturated heterocycles. The molecule has 1 aromatic rings. The van der Waals surface area contributed by atoms with Crippen LogP contribution in [0.15, 0.2) is 16.3 Å². The smallest absolute Gasteiger partial charge is 0.265 e. The second-order valence-electron chi connectivity index (χ2n) is 5.99. The van der Waals surface area contributed by atoms with Gasteiger partial charge in [-0.05, 0) is 31.3 Å². The average molecular weight is 426 g/mol. The van der Waals surface area contributed by atoms with Gasteiger partial charge in [-0.25, -0.2) is 8.42 Å². The summed E-state index contributed by atoms with van der Waals surface area (Å²) in [7, 11) is -1.64. The summed E-state index contributed by atoms with van der Waals surface area (Å²) >= 11 is 2.99. The monoisotopic (exact) mass is 425 g/mol. The van der Waals surface area contributed by atoms with Crippen molar-refractivity contribution < 1.29 is 13.2 Å². The van der Waals surface area contributed by atoms with Crippen molar-refractivity contribution in [2.45, 2.75) is 23.8 Å². The number of sulfonamides is 1. The summed E-state index contributed by atoms with van der Waals surface area (Å²) in [4.78, 5) is 15.2. The molecule has 10 heteroatoms. The molecule has 1 N–H and O–H groups in total. The van der Waals surface area contributed by atoms with Gasteiger partial charge >= 0.3 is 0 Å². The highest BCUT2D eigenvalue weighted by atomic mass is 35.5. The van der Waals surface area contributed by atoms with E-state index in [1.807, 2.05) is 7.05 Å². The number of carbonyl (C=O) groups is 1. The molecule has 0 aliphatic carbocycles. The van der Waals surface area contributed by atoms with Crippen LogP contribution in [0.3, 0.4) is 0 Å². The Labute approximate surface area is 163 Å². The maximum absolute atomic E-state index is 12.9. The third-order valence-electron chi connectivity index (χ3n) is 4.60. The van der Waals surface area contributed by atoms with Gasteiger partial charge in [0.15, 0.2) is 0 Å². The van der Waals surface area contributed by atoms with Crippen LogP contribution in [0.25, 0.3) is 0 Å². The lowest BCUT2D eigenvalue weighted by Gasteiger charge is -2.32. The minimum absolute atomic E-state index is 0. The van der Waals surface area contributed by atoms with Gasteiger partial charge in [-0.15, -0.1) is 23.7 Å². The molecule has 2 fully saturated rings. The molecule has 0 unspecified atom stereocenters. The minimum Gasteiger partial charge on any atom is -0.338 e. The first-order valence-corrected chi connectivity index (χ1v) is 11.6. The van der Waals surface area contributed by atoms with Crippen molar-refractivity contribution in [2.75, 3.05) is 44.7 Å². The number of hydrogen-bond acceptors (Lipinski definition) is 6. The number of thiophene rings is 1. The lowest BCUT2D eigenvalue weighted by atomic mass is 10.1. The number of hydrogen-bond donors (Lipinski definition) is 1. The molecule has 1 aromatic heterocycles. The van der Waals surface area contributed by atoms with E-state index in [1.165, 1.54) is 15.6 Å². The standard InChI is InChI=1S/C15H23N3O3S3.ClH/c1-16-12-2-5-17(6-3-12)15(19)14-13(4-9-23-14)24(20,21)18-7-10-22-11-8-18;/h4,9,12,16H,2-3,5-8,10-11H2,1H3;1H. The largest absolute Gasteiger partial charge is 0.338 e. The van der Waals surface area contributed by atoms with E-state index in [2.05, 4.69) is 5.32 Å². The predicted molar refractivity (Wildman–Crippen MR) is 106 cm³/mol. The molecule has 0 atom stereocenters. The van der Waals surface area contributed by atoms with E-state index < -0.39 is 10.0 Å². The molecule has 0 spiro atoms. The molecule has 6 nitrogen and oxygen atoms in total. The summed E-state index contributed by atoms with van der Waals surface area (Å²) in [6, 6.07) is 2.02. The normalized spacial score (nSPS) is 20.3. The Morgan fingerprint density at radius 2 is 1.84 bits per heavy atom. The average Bonchev–Trinajstić information content (AvgIpc) is 3.12. The van der Waals surface area contributed by atoms with E-state index >= 15 is 0 Å². The molecule has 3 rings (SSSR count). The lowest BCUT2D eigenvalue weighted by molar-refractivity contribution is 0.0708. The number of nitrogens with zero attached hydrogens (tertiary/aromatic N) is 2. The fourth-order valence-electron chi connectivity index (χ4n) is 3.10. The van der Waals surface area contributed by atoms with Crippen molar-refractivity contribution in [3.63, 3.8) is 0 Å². The lowest BCUT2D eigenvalue weighted by Crippen LogP contribution is -2.44. The highest BCUT2D eigenvalue weighted by Crippen LogP contribution is 2.29. The number of amides is 1. The first-order chi connectivity index (χ1) is 11.5. The summed E-state index contributed by atoms with van der Waals surface area (Å²) in [6.45, 7) is 2.37. The quantitative estimate of drug-likeness (QED) is 0.795. The summed E-state index contributed by atoms with van der Waals surface area (Å²) in [5.74, 6) is 1.47. The van der Waals surface area contributed by atoms with E-state index in [0.29, 0.717) is 37.1 Å². The molecule has 0 bridgehead atoms. The van der Waals surface area contributed by atoms with Gasteiger partial charge in [0.05, 0.1) is 0 Å². The summed E-state index contributed by atoms with van der Waals surface area (Å²) in [5.41, 5.74) is 0. The molecule has 25 heavy (non-hydrogen) atoms. The summed E-state index contributed by atoms with van der Waals surface area (Å²) in [6.07, 6.45) is 1.80. The van der Waals surface area contributed by atoms with Gasteiger partial charge in [0.25, 0.3) is 5.91 Å². The van der Waals surface area contributed by atoms with Gasteiger partial charge in [-0.3, -0.25) is 4.79 Å². The molecule has 0 saturated carbocycles. The highest BCUT2D eigenvalue weighted by molar-refractivity contribution is 7.99. The molecule has 2 aliphatic rings. The van der Waals surface area contributed by atoms with Gasteiger partial charge in [0.2, 0.25) is 10.0 Å². The van der Waals surface area contributed by atoms with Gasteiger partial charge < -0.3 is 10.2 Å². The van der Waals surface area contributed by atoms with Crippen LogP contribution in [0.1, 0.15) is 22.5 Å². The summed E-state index contributed by atoms with van der Waals surface area (Å²) in [5, 5.41) is 4.94. The number of thioether (sulfide) groups is 1. The van der Waals surface area contributed by atoms with Crippen LogP contribution >= 0.6 is 35.5 Å². The van der Waals surface area contributed by atoms with Crippen molar-refractivity contribution in [3.05, 3.63) is 16.3 Å². The second kappa shape index (κ2) is 9.05. The van der Waals surface area contributed by atoms with Crippen LogP contribution in [0.5, 0.6) is 0 Å². The van der Waals surface area contributed by atoms with Crippen LogP contribution in [-0.2, 0) is 10.0 Å². The Kier molecular flexibility index (Phi) is 7.60. The zero-order valence-electron chi connectivity index (χ0n) is 14.1. The van der Waals surface area contributed by atoms with Gasteiger partial charge in [-0.1, -0.05) is 0 Å². The molecule has 3 heterocycles. The van der Waals surface area contributed by atoms with E-state index in [9.17, 15) is 13.2 Å². The topological polar surface area (TPSA) is 69.7 Å². The Morgan fingerprint density at radius 3 is 2.44 bits per heavy atom. The zero-order valence-corrected chi connectivity index (χ0v) is 17.4. The number of rotatable bonds is 4. The summed E-state index contributed by atoms with van der Waals surface area (Å²) < 4.78 is 27.3.